The van der Waals surface area contributed by atoms with Crippen LogP contribution in [0.2, 0.25) is 0 Å². The van der Waals surface area contributed by atoms with Gasteiger partial charge in [-0.1, -0.05) is 12.8 Å². The van der Waals surface area contributed by atoms with Gasteiger partial charge in [-0.15, -0.1) is 0 Å². The van der Waals surface area contributed by atoms with Gasteiger partial charge in [-0.2, -0.15) is 0 Å². The van der Waals surface area contributed by atoms with E-state index in [1.54, 1.807) is 0 Å². The zero-order chi connectivity index (χ0) is 9.03. The molecule has 3 nitrogen and oxygen atoms in total. The van der Waals surface area contributed by atoms with Crippen molar-refractivity contribution >= 4 is 5.97 Å². The third-order valence-corrected chi connectivity index (χ3v) is 2.87. The zero-order valence-corrected chi connectivity index (χ0v) is 7.38. The van der Waals surface area contributed by atoms with E-state index in [0.29, 0.717) is 6.54 Å². The molecule has 3 heteroatoms. The highest BCUT2D eigenvalue weighted by Crippen LogP contribution is 2.41. The van der Waals surface area contributed by atoms with Gasteiger partial charge in [0.15, 0.2) is 0 Å². The van der Waals surface area contributed by atoms with Crippen LogP contribution in [0.3, 0.4) is 0 Å². The summed E-state index contributed by atoms with van der Waals surface area (Å²) in [6, 6.07) is 0. The van der Waals surface area contributed by atoms with Gasteiger partial charge >= 0.3 is 5.97 Å². The van der Waals surface area contributed by atoms with Crippen molar-refractivity contribution in [3.05, 3.63) is 0 Å². The minimum absolute atomic E-state index is 0.417. The van der Waals surface area contributed by atoms with Crippen LogP contribution in [0.15, 0.2) is 0 Å². The molecule has 3 N–H and O–H groups in total. The van der Waals surface area contributed by atoms with Gasteiger partial charge in [0.05, 0.1) is 5.41 Å². The number of hydrogen-bond acceptors (Lipinski definition) is 2. The summed E-state index contributed by atoms with van der Waals surface area (Å²) in [4.78, 5) is 11.0. The molecular formula is C9H17NO2. The van der Waals surface area contributed by atoms with Crippen molar-refractivity contribution in [2.75, 3.05) is 6.54 Å². The Bertz CT molecular complexity index is 162. The van der Waals surface area contributed by atoms with Crippen LogP contribution in [0.5, 0.6) is 0 Å². The Morgan fingerprint density at radius 3 is 2.42 bits per heavy atom. The lowest BCUT2D eigenvalue weighted by atomic mass is 9.82. The lowest BCUT2D eigenvalue weighted by Crippen LogP contribution is -2.28. The molecule has 0 unspecified atom stereocenters. The Hall–Kier alpha value is -0.570. The molecule has 0 aromatic carbocycles. The van der Waals surface area contributed by atoms with E-state index in [-0.39, 0.29) is 0 Å². The largest absolute Gasteiger partial charge is 0.481 e. The first kappa shape index (κ1) is 9.52. The van der Waals surface area contributed by atoms with Crippen LogP contribution in [0.1, 0.15) is 38.5 Å². The fraction of sp³-hybridized carbons (Fsp3) is 0.889. The molecule has 0 atom stereocenters. The summed E-state index contributed by atoms with van der Waals surface area (Å²) >= 11 is 0. The first-order valence-corrected chi connectivity index (χ1v) is 4.65. The van der Waals surface area contributed by atoms with Gasteiger partial charge in [-0.3, -0.25) is 4.79 Å². The molecule has 0 aromatic rings. The van der Waals surface area contributed by atoms with Gasteiger partial charge in [0, 0.05) is 0 Å². The summed E-state index contributed by atoms with van der Waals surface area (Å²) in [5.41, 5.74) is 4.96. The lowest BCUT2D eigenvalue weighted by Gasteiger charge is -2.22. The number of carboxylic acids is 1. The summed E-state index contributed by atoms with van der Waals surface area (Å²) in [6.45, 7) is 0.606. The van der Waals surface area contributed by atoms with Crippen molar-refractivity contribution in [2.45, 2.75) is 38.5 Å². The third kappa shape index (κ3) is 1.78. The summed E-state index contributed by atoms with van der Waals surface area (Å²) in [7, 11) is 0. The number of carbonyl (C=O) groups is 1. The van der Waals surface area contributed by atoms with Gasteiger partial charge in [0.2, 0.25) is 0 Å². The Morgan fingerprint density at radius 1 is 1.42 bits per heavy atom. The molecule has 1 aliphatic carbocycles. The molecule has 0 amide bonds. The molecule has 0 aromatic heterocycles. The second kappa shape index (κ2) is 3.90. The Balaban J connectivity index is 2.53. The molecule has 0 radical (unpaired) electrons. The highest BCUT2D eigenvalue weighted by Gasteiger charge is 2.40. The van der Waals surface area contributed by atoms with Crippen molar-refractivity contribution in [1.82, 2.24) is 0 Å². The molecule has 1 saturated carbocycles. The topological polar surface area (TPSA) is 63.3 Å². The third-order valence-electron chi connectivity index (χ3n) is 2.87. The van der Waals surface area contributed by atoms with Crippen LogP contribution in [-0.2, 0) is 4.79 Å². The van der Waals surface area contributed by atoms with E-state index in [1.807, 2.05) is 0 Å². The Kier molecular flexibility index (Phi) is 3.09. The second-order valence-electron chi connectivity index (χ2n) is 3.68. The van der Waals surface area contributed by atoms with E-state index in [1.165, 1.54) is 0 Å². The molecular weight excluding hydrogens is 154 g/mol. The second-order valence-corrected chi connectivity index (χ2v) is 3.68. The van der Waals surface area contributed by atoms with Crippen molar-refractivity contribution < 1.29 is 9.90 Å². The van der Waals surface area contributed by atoms with Gasteiger partial charge in [-0.25, -0.2) is 0 Å². The van der Waals surface area contributed by atoms with Gasteiger partial charge in [0.25, 0.3) is 0 Å². The average Bonchev–Trinajstić information content (AvgIpc) is 2.50. The molecule has 70 valence electrons. The Labute approximate surface area is 72.9 Å². The van der Waals surface area contributed by atoms with Crippen molar-refractivity contribution in [2.24, 2.45) is 11.1 Å². The Morgan fingerprint density at radius 2 is 2.00 bits per heavy atom. The van der Waals surface area contributed by atoms with Crippen molar-refractivity contribution in [3.63, 3.8) is 0 Å². The van der Waals surface area contributed by atoms with E-state index < -0.39 is 11.4 Å². The monoisotopic (exact) mass is 171 g/mol. The molecule has 0 bridgehead atoms. The summed E-state index contributed by atoms with van der Waals surface area (Å²) in [6.07, 6.45) is 5.43. The summed E-state index contributed by atoms with van der Waals surface area (Å²) in [5.74, 6) is -0.617. The number of hydrogen-bond donors (Lipinski definition) is 2. The predicted octanol–water partition coefficient (Wildman–Crippen LogP) is 1.37. The molecule has 0 spiro atoms. The maximum atomic E-state index is 11.0. The maximum absolute atomic E-state index is 11.0. The highest BCUT2D eigenvalue weighted by atomic mass is 16.4. The van der Waals surface area contributed by atoms with E-state index in [9.17, 15) is 4.79 Å². The fourth-order valence-corrected chi connectivity index (χ4v) is 2.06. The van der Waals surface area contributed by atoms with Gasteiger partial charge in [0.1, 0.15) is 0 Å². The van der Waals surface area contributed by atoms with Crippen LogP contribution in [0.25, 0.3) is 0 Å². The SMILES string of the molecule is NCCCC1(C(=O)O)CCCC1. The first-order chi connectivity index (χ1) is 5.71. The number of rotatable bonds is 4. The van der Waals surface area contributed by atoms with Crippen molar-refractivity contribution in [1.29, 1.82) is 0 Å². The first-order valence-electron chi connectivity index (χ1n) is 4.65. The quantitative estimate of drug-likeness (QED) is 0.671. The number of aliphatic carboxylic acids is 1. The van der Waals surface area contributed by atoms with Gasteiger partial charge < -0.3 is 10.8 Å². The average molecular weight is 171 g/mol. The zero-order valence-electron chi connectivity index (χ0n) is 7.38. The number of carboxylic acid groups (broad SMARTS) is 1. The van der Waals surface area contributed by atoms with Crippen LogP contribution in [0.4, 0.5) is 0 Å². The molecule has 1 fully saturated rings. The molecule has 1 aliphatic rings. The standard InChI is InChI=1S/C9H17NO2/c10-7-3-6-9(8(11)12)4-1-2-5-9/h1-7,10H2,(H,11,12). The van der Waals surface area contributed by atoms with Crippen LogP contribution < -0.4 is 5.73 Å². The minimum Gasteiger partial charge on any atom is -0.481 e. The fourth-order valence-electron chi connectivity index (χ4n) is 2.06. The highest BCUT2D eigenvalue weighted by molar-refractivity contribution is 5.74. The summed E-state index contributed by atoms with van der Waals surface area (Å²) < 4.78 is 0. The smallest absolute Gasteiger partial charge is 0.309 e. The predicted molar refractivity (Wildman–Crippen MR) is 46.8 cm³/mol. The van der Waals surface area contributed by atoms with E-state index in [2.05, 4.69) is 0 Å². The van der Waals surface area contributed by atoms with Gasteiger partial charge in [-0.05, 0) is 32.2 Å². The van der Waals surface area contributed by atoms with E-state index >= 15 is 0 Å². The molecule has 0 heterocycles. The lowest BCUT2D eigenvalue weighted by molar-refractivity contribution is -0.149. The normalized spacial score (nSPS) is 21.1. The van der Waals surface area contributed by atoms with Crippen LogP contribution >= 0.6 is 0 Å². The van der Waals surface area contributed by atoms with E-state index in [0.717, 1.165) is 38.5 Å². The van der Waals surface area contributed by atoms with Crippen molar-refractivity contribution in [3.8, 4) is 0 Å². The van der Waals surface area contributed by atoms with E-state index in [4.69, 9.17) is 10.8 Å². The molecule has 0 saturated heterocycles. The summed E-state index contributed by atoms with van der Waals surface area (Å²) in [5, 5.41) is 9.05. The van der Waals surface area contributed by atoms with Crippen LogP contribution in [-0.4, -0.2) is 17.6 Å². The minimum atomic E-state index is -0.617. The molecule has 1 rings (SSSR count). The maximum Gasteiger partial charge on any atom is 0.309 e. The van der Waals surface area contributed by atoms with Crippen LogP contribution in [0, 0.1) is 5.41 Å². The molecule has 12 heavy (non-hydrogen) atoms. The molecule has 0 aliphatic heterocycles. The number of nitrogens with two attached hydrogens (primary N) is 1.